The number of rotatable bonds is 9. The van der Waals surface area contributed by atoms with Crippen LogP contribution in [0.2, 0.25) is 10.0 Å². The van der Waals surface area contributed by atoms with E-state index in [0.29, 0.717) is 38.4 Å². The number of carbonyl (C=O) groups is 1. The van der Waals surface area contributed by atoms with Gasteiger partial charge in [-0.1, -0.05) is 66.0 Å². The summed E-state index contributed by atoms with van der Waals surface area (Å²) in [7, 11) is 1.54. The number of benzene rings is 3. The molecule has 3 aromatic carbocycles. The second-order valence-corrected chi connectivity index (χ2v) is 10.6. The minimum absolute atomic E-state index is 0.137. The molecule has 0 spiro atoms. The maximum atomic E-state index is 12.3. The Bertz CT molecular complexity index is 1240. The van der Waals surface area contributed by atoms with Crippen LogP contribution < -0.4 is 19.6 Å². The predicted octanol–water partition coefficient (Wildman–Crippen LogP) is 7.17. The highest BCUT2D eigenvalue weighted by atomic mass is 79.9. The molecule has 3 aromatic rings. The van der Waals surface area contributed by atoms with Crippen molar-refractivity contribution in [2.75, 3.05) is 13.7 Å². The van der Waals surface area contributed by atoms with Gasteiger partial charge < -0.3 is 14.2 Å². The van der Waals surface area contributed by atoms with Crippen LogP contribution >= 0.6 is 39.1 Å². The summed E-state index contributed by atoms with van der Waals surface area (Å²) in [4.78, 5) is 12.3. The molecule has 0 aliphatic heterocycles. The smallest absolute Gasteiger partial charge is 0.277 e. The Morgan fingerprint density at radius 3 is 2.36 bits per heavy atom. The van der Waals surface area contributed by atoms with Gasteiger partial charge in [-0.05, 0) is 59.5 Å². The fourth-order valence-corrected chi connectivity index (χ4v) is 4.14. The fraction of sp³-hybridized carbons (Fsp3) is 0.259. The van der Waals surface area contributed by atoms with E-state index in [1.807, 2.05) is 18.2 Å². The van der Waals surface area contributed by atoms with Gasteiger partial charge in [0.2, 0.25) is 0 Å². The molecule has 0 aliphatic carbocycles. The molecule has 0 atom stereocenters. The van der Waals surface area contributed by atoms with E-state index in [4.69, 9.17) is 37.4 Å². The van der Waals surface area contributed by atoms with Crippen LogP contribution in [-0.2, 0) is 16.8 Å². The number of amides is 1. The Morgan fingerprint density at radius 2 is 1.69 bits per heavy atom. The number of nitrogens with zero attached hydrogens (tertiary/aromatic N) is 1. The standard InChI is InChI=1S/C27H27BrCl2N2O4/c1-27(2,3)20-13-18(28)9-11-23(20)36-16-26(33)32-31-14-17-8-10-24(25(12-17)34-4)35-15-19-21(29)6-5-7-22(19)30/h5-14H,15-16H2,1-4H3,(H,32,33)/b31-14+. The lowest BCUT2D eigenvalue weighted by atomic mass is 9.86. The van der Waals surface area contributed by atoms with Crippen LogP contribution in [0.1, 0.15) is 37.5 Å². The summed E-state index contributed by atoms with van der Waals surface area (Å²) < 4.78 is 18.0. The summed E-state index contributed by atoms with van der Waals surface area (Å²) in [6.07, 6.45) is 1.51. The van der Waals surface area contributed by atoms with Crippen LogP contribution in [0.25, 0.3) is 0 Å². The Morgan fingerprint density at radius 1 is 1.00 bits per heavy atom. The topological polar surface area (TPSA) is 69.2 Å². The summed E-state index contributed by atoms with van der Waals surface area (Å²) in [5, 5.41) is 5.07. The van der Waals surface area contributed by atoms with Crippen molar-refractivity contribution >= 4 is 51.3 Å². The average molecular weight is 594 g/mol. The fourth-order valence-electron chi connectivity index (χ4n) is 3.27. The molecule has 0 fully saturated rings. The van der Waals surface area contributed by atoms with E-state index in [2.05, 4.69) is 47.2 Å². The molecule has 6 nitrogen and oxygen atoms in total. The number of hydrazone groups is 1. The maximum Gasteiger partial charge on any atom is 0.277 e. The van der Waals surface area contributed by atoms with Crippen LogP contribution in [0.3, 0.4) is 0 Å². The summed E-state index contributed by atoms with van der Waals surface area (Å²) in [5.41, 5.74) is 4.74. The van der Waals surface area contributed by atoms with Gasteiger partial charge >= 0.3 is 0 Å². The second kappa shape index (κ2) is 12.5. The van der Waals surface area contributed by atoms with Crippen molar-refractivity contribution in [2.45, 2.75) is 32.8 Å². The molecule has 1 N–H and O–H groups in total. The van der Waals surface area contributed by atoms with Crippen molar-refractivity contribution in [3.8, 4) is 17.2 Å². The molecule has 36 heavy (non-hydrogen) atoms. The van der Waals surface area contributed by atoms with Crippen molar-refractivity contribution < 1.29 is 19.0 Å². The van der Waals surface area contributed by atoms with Crippen LogP contribution in [0.4, 0.5) is 0 Å². The van der Waals surface area contributed by atoms with Crippen molar-refractivity contribution in [1.82, 2.24) is 5.43 Å². The van der Waals surface area contributed by atoms with E-state index in [0.717, 1.165) is 10.0 Å². The molecule has 0 radical (unpaired) electrons. The molecule has 9 heteroatoms. The molecule has 1 amide bonds. The van der Waals surface area contributed by atoms with Gasteiger partial charge in [0.25, 0.3) is 5.91 Å². The lowest BCUT2D eigenvalue weighted by molar-refractivity contribution is -0.123. The average Bonchev–Trinajstić information content (AvgIpc) is 2.83. The number of ether oxygens (including phenoxy) is 3. The van der Waals surface area contributed by atoms with Gasteiger partial charge in [-0.3, -0.25) is 4.79 Å². The van der Waals surface area contributed by atoms with E-state index >= 15 is 0 Å². The van der Waals surface area contributed by atoms with Crippen molar-refractivity contribution in [3.05, 3.63) is 85.8 Å². The monoisotopic (exact) mass is 592 g/mol. The van der Waals surface area contributed by atoms with Crippen LogP contribution in [0.15, 0.2) is 64.2 Å². The van der Waals surface area contributed by atoms with E-state index in [1.54, 1.807) is 43.5 Å². The van der Waals surface area contributed by atoms with Gasteiger partial charge in [-0.25, -0.2) is 5.43 Å². The molecule has 0 aliphatic rings. The third-order valence-electron chi connectivity index (χ3n) is 5.13. The molecule has 0 bridgehead atoms. The van der Waals surface area contributed by atoms with Gasteiger partial charge in [0.15, 0.2) is 18.1 Å². The molecular weight excluding hydrogens is 567 g/mol. The van der Waals surface area contributed by atoms with Gasteiger partial charge in [0.1, 0.15) is 12.4 Å². The number of halogens is 3. The highest BCUT2D eigenvalue weighted by Crippen LogP contribution is 2.34. The first kappa shape index (κ1) is 27.8. The quantitative estimate of drug-likeness (QED) is 0.211. The van der Waals surface area contributed by atoms with Crippen molar-refractivity contribution in [3.63, 3.8) is 0 Å². The first-order valence-electron chi connectivity index (χ1n) is 11.1. The third kappa shape index (κ3) is 7.63. The van der Waals surface area contributed by atoms with Crippen molar-refractivity contribution in [1.29, 1.82) is 0 Å². The van der Waals surface area contributed by atoms with E-state index in [-0.39, 0.29) is 24.5 Å². The van der Waals surface area contributed by atoms with Gasteiger partial charge in [0.05, 0.1) is 13.3 Å². The zero-order valence-electron chi connectivity index (χ0n) is 20.4. The first-order valence-corrected chi connectivity index (χ1v) is 12.6. The molecule has 0 aromatic heterocycles. The second-order valence-electron chi connectivity index (χ2n) is 8.87. The van der Waals surface area contributed by atoms with Gasteiger partial charge in [-0.2, -0.15) is 5.10 Å². The molecule has 0 saturated carbocycles. The minimum atomic E-state index is -0.377. The van der Waals surface area contributed by atoms with E-state index in [1.165, 1.54) is 6.21 Å². The number of hydrogen-bond donors (Lipinski definition) is 1. The normalized spacial score (nSPS) is 11.4. The van der Waals surface area contributed by atoms with Crippen LogP contribution in [-0.4, -0.2) is 25.8 Å². The van der Waals surface area contributed by atoms with E-state index in [9.17, 15) is 4.79 Å². The van der Waals surface area contributed by atoms with Crippen LogP contribution in [0, 0.1) is 0 Å². The first-order chi connectivity index (χ1) is 17.1. The van der Waals surface area contributed by atoms with Gasteiger partial charge in [-0.15, -0.1) is 0 Å². The number of carbonyl (C=O) groups excluding carboxylic acids is 1. The Labute approximate surface area is 229 Å². The number of hydrogen-bond acceptors (Lipinski definition) is 5. The lowest BCUT2D eigenvalue weighted by Gasteiger charge is -2.23. The van der Waals surface area contributed by atoms with Crippen LogP contribution in [0.5, 0.6) is 17.2 Å². The molecule has 0 saturated heterocycles. The Kier molecular flexibility index (Phi) is 9.65. The van der Waals surface area contributed by atoms with E-state index < -0.39 is 0 Å². The minimum Gasteiger partial charge on any atom is -0.493 e. The highest BCUT2D eigenvalue weighted by Gasteiger charge is 2.20. The molecular formula is C27H27BrCl2N2O4. The SMILES string of the molecule is COc1cc(/C=N/NC(=O)COc2ccc(Br)cc2C(C)(C)C)ccc1OCc1c(Cl)cccc1Cl. The predicted molar refractivity (Wildman–Crippen MR) is 148 cm³/mol. The Hall–Kier alpha value is -2.74. The highest BCUT2D eigenvalue weighted by molar-refractivity contribution is 9.10. The molecule has 0 heterocycles. The van der Waals surface area contributed by atoms with Crippen molar-refractivity contribution in [2.24, 2.45) is 5.10 Å². The molecule has 3 rings (SSSR count). The summed E-state index contributed by atoms with van der Waals surface area (Å²) in [6.45, 7) is 6.28. The number of nitrogens with one attached hydrogen (secondary N) is 1. The molecule has 190 valence electrons. The van der Waals surface area contributed by atoms with Gasteiger partial charge in [0, 0.05) is 25.6 Å². The Balaban J connectivity index is 1.58. The molecule has 0 unspecified atom stereocenters. The summed E-state index contributed by atoms with van der Waals surface area (Å²) in [5.74, 6) is 1.30. The largest absolute Gasteiger partial charge is 0.493 e. The lowest BCUT2D eigenvalue weighted by Crippen LogP contribution is -2.25. The zero-order valence-corrected chi connectivity index (χ0v) is 23.5. The third-order valence-corrected chi connectivity index (χ3v) is 6.33. The maximum absolute atomic E-state index is 12.3. The zero-order chi connectivity index (χ0) is 26.3. The summed E-state index contributed by atoms with van der Waals surface area (Å²) in [6, 6.07) is 16.3. The summed E-state index contributed by atoms with van der Waals surface area (Å²) >= 11 is 15.9. The number of methoxy groups -OCH3 is 1.